The first-order valence-corrected chi connectivity index (χ1v) is 8.98. The van der Waals surface area contributed by atoms with Gasteiger partial charge in [-0.25, -0.2) is 0 Å². The van der Waals surface area contributed by atoms with Crippen molar-refractivity contribution in [3.63, 3.8) is 0 Å². The average Bonchev–Trinajstić information content (AvgIpc) is 2.71. The molecule has 0 unspecified atom stereocenters. The third-order valence-corrected chi connectivity index (χ3v) is 4.94. The van der Waals surface area contributed by atoms with Crippen LogP contribution in [0.4, 0.5) is 0 Å². The molecule has 0 fully saturated rings. The minimum atomic E-state index is 1.17. The van der Waals surface area contributed by atoms with E-state index in [9.17, 15) is 0 Å². The van der Waals surface area contributed by atoms with Crippen molar-refractivity contribution in [2.45, 2.75) is 13.8 Å². The van der Waals surface area contributed by atoms with E-state index < -0.39 is 0 Å². The Morgan fingerprint density at radius 2 is 0.923 bits per heavy atom. The van der Waals surface area contributed by atoms with Crippen LogP contribution in [0, 0.1) is 19.9 Å². The van der Waals surface area contributed by atoms with Gasteiger partial charge in [0.2, 0.25) is 0 Å². The zero-order chi connectivity index (χ0) is 17.9. The van der Waals surface area contributed by atoms with Gasteiger partial charge in [0.05, 0.1) is 0 Å². The Bertz CT molecular complexity index is 1010. The highest BCUT2D eigenvalue weighted by atomic mass is 14.2. The van der Waals surface area contributed by atoms with Crippen LogP contribution in [0.5, 0.6) is 0 Å². The van der Waals surface area contributed by atoms with Crippen molar-refractivity contribution >= 4 is 0 Å². The first-order chi connectivity index (χ1) is 12.8. The lowest BCUT2D eigenvalue weighted by Crippen LogP contribution is -1.97. The first-order valence-electron chi connectivity index (χ1n) is 8.98. The van der Waals surface area contributed by atoms with E-state index in [0.29, 0.717) is 0 Å². The molecule has 4 aromatic carbocycles. The van der Waals surface area contributed by atoms with Gasteiger partial charge in [0.25, 0.3) is 0 Å². The minimum Gasteiger partial charge on any atom is -0.0622 e. The molecular formula is C26H21. The molecule has 4 aromatic rings. The summed E-state index contributed by atoms with van der Waals surface area (Å²) in [4.78, 5) is 0. The summed E-state index contributed by atoms with van der Waals surface area (Å²) < 4.78 is 0. The second kappa shape index (κ2) is 7.01. The highest BCUT2D eigenvalue weighted by Crippen LogP contribution is 2.42. The lowest BCUT2D eigenvalue weighted by Gasteiger charge is -2.20. The van der Waals surface area contributed by atoms with Gasteiger partial charge in [-0.1, -0.05) is 91.0 Å². The smallest absolute Gasteiger partial charge is 0.00174 e. The fourth-order valence-corrected chi connectivity index (χ4v) is 3.52. The molecule has 0 aliphatic carbocycles. The molecule has 0 spiro atoms. The maximum Gasteiger partial charge on any atom is -0.00174 e. The molecule has 0 nitrogen and oxygen atoms in total. The quantitative estimate of drug-likeness (QED) is 0.375. The summed E-state index contributed by atoms with van der Waals surface area (Å²) in [6, 6.07) is 35.6. The molecule has 0 heterocycles. The van der Waals surface area contributed by atoms with E-state index in [2.05, 4.69) is 111 Å². The summed E-state index contributed by atoms with van der Waals surface area (Å²) >= 11 is 0. The summed E-state index contributed by atoms with van der Waals surface area (Å²) in [6.45, 7) is 4.36. The zero-order valence-corrected chi connectivity index (χ0v) is 15.2. The van der Waals surface area contributed by atoms with E-state index in [1.807, 2.05) is 0 Å². The minimum absolute atomic E-state index is 1.17. The second-order valence-corrected chi connectivity index (χ2v) is 6.60. The van der Waals surface area contributed by atoms with Crippen molar-refractivity contribution in [2.75, 3.05) is 0 Å². The Balaban J connectivity index is 2.12. The van der Waals surface area contributed by atoms with Gasteiger partial charge < -0.3 is 0 Å². The van der Waals surface area contributed by atoms with Crippen LogP contribution in [0.3, 0.4) is 0 Å². The predicted octanol–water partition coefficient (Wildman–Crippen LogP) is 7.10. The SMILES string of the molecule is Cc1[c]c(-c2ccccc2)c(-c2ccccc2)c(-c2ccccc2)c1C. The molecule has 0 aliphatic heterocycles. The van der Waals surface area contributed by atoms with E-state index >= 15 is 0 Å². The molecule has 0 saturated carbocycles. The Hall–Kier alpha value is -3.12. The third kappa shape index (κ3) is 2.95. The monoisotopic (exact) mass is 333 g/mol. The lowest BCUT2D eigenvalue weighted by atomic mass is 9.83. The van der Waals surface area contributed by atoms with Crippen molar-refractivity contribution in [1.82, 2.24) is 0 Å². The van der Waals surface area contributed by atoms with E-state index in [0.717, 1.165) is 0 Å². The van der Waals surface area contributed by atoms with Crippen LogP contribution in [0.15, 0.2) is 91.0 Å². The molecule has 0 saturated heterocycles. The van der Waals surface area contributed by atoms with Crippen molar-refractivity contribution in [3.05, 3.63) is 108 Å². The zero-order valence-electron chi connectivity index (χ0n) is 15.2. The number of hydrogen-bond acceptors (Lipinski definition) is 0. The van der Waals surface area contributed by atoms with Crippen LogP contribution in [0.25, 0.3) is 33.4 Å². The van der Waals surface area contributed by atoms with Gasteiger partial charge in [0, 0.05) is 0 Å². The fraction of sp³-hybridized carbons (Fsp3) is 0.0769. The third-order valence-electron chi connectivity index (χ3n) is 4.94. The molecule has 1 radical (unpaired) electrons. The van der Waals surface area contributed by atoms with Crippen LogP contribution in [0.1, 0.15) is 11.1 Å². The molecule has 0 aromatic heterocycles. The van der Waals surface area contributed by atoms with Gasteiger partial charge in [-0.3, -0.25) is 0 Å². The van der Waals surface area contributed by atoms with E-state index in [-0.39, 0.29) is 0 Å². The van der Waals surface area contributed by atoms with Crippen LogP contribution in [-0.2, 0) is 0 Å². The van der Waals surface area contributed by atoms with Gasteiger partial charge in [0.15, 0.2) is 0 Å². The van der Waals surface area contributed by atoms with Gasteiger partial charge >= 0.3 is 0 Å². The Labute approximate surface area is 155 Å². The van der Waals surface area contributed by atoms with Gasteiger partial charge in [-0.05, 0) is 64.4 Å². The van der Waals surface area contributed by atoms with Crippen LogP contribution < -0.4 is 0 Å². The predicted molar refractivity (Wildman–Crippen MR) is 111 cm³/mol. The van der Waals surface area contributed by atoms with E-state index in [4.69, 9.17) is 0 Å². The van der Waals surface area contributed by atoms with Gasteiger partial charge in [-0.15, -0.1) is 0 Å². The van der Waals surface area contributed by atoms with Crippen molar-refractivity contribution in [3.8, 4) is 33.4 Å². The molecule has 125 valence electrons. The summed E-state index contributed by atoms with van der Waals surface area (Å²) in [6.07, 6.45) is 0. The van der Waals surface area contributed by atoms with Crippen molar-refractivity contribution < 1.29 is 0 Å². The molecule has 0 aliphatic rings. The molecule has 4 rings (SSSR count). The van der Waals surface area contributed by atoms with Crippen molar-refractivity contribution in [1.29, 1.82) is 0 Å². The molecular weight excluding hydrogens is 312 g/mol. The van der Waals surface area contributed by atoms with Crippen LogP contribution >= 0.6 is 0 Å². The molecule has 0 atom stereocenters. The van der Waals surface area contributed by atoms with Gasteiger partial charge in [-0.2, -0.15) is 0 Å². The maximum absolute atomic E-state index is 3.67. The number of hydrogen-bond donors (Lipinski definition) is 0. The fourth-order valence-electron chi connectivity index (χ4n) is 3.52. The molecule has 26 heavy (non-hydrogen) atoms. The highest BCUT2D eigenvalue weighted by molar-refractivity contribution is 5.96. The van der Waals surface area contributed by atoms with Crippen molar-refractivity contribution in [2.24, 2.45) is 0 Å². The Kier molecular flexibility index (Phi) is 4.41. The Morgan fingerprint density at radius 1 is 0.500 bits per heavy atom. The standard InChI is InChI=1S/C26H21/c1-19-18-24(21-12-6-3-7-13-21)26(23-16-10-5-11-17-23)25(20(19)2)22-14-8-4-9-15-22/h3-17H,1-2H3. The van der Waals surface area contributed by atoms with Crippen LogP contribution in [0.2, 0.25) is 0 Å². The highest BCUT2D eigenvalue weighted by Gasteiger charge is 2.18. The number of aryl methyl sites for hydroxylation is 1. The Morgan fingerprint density at radius 3 is 1.42 bits per heavy atom. The lowest BCUT2D eigenvalue weighted by molar-refractivity contribution is 1.33. The molecule has 0 bridgehead atoms. The molecule has 0 heteroatoms. The van der Waals surface area contributed by atoms with Gasteiger partial charge in [0.1, 0.15) is 0 Å². The summed E-state index contributed by atoms with van der Waals surface area (Å²) in [5.41, 5.74) is 9.88. The molecule has 0 N–H and O–H groups in total. The number of benzene rings is 4. The summed E-state index contributed by atoms with van der Waals surface area (Å²) in [5, 5.41) is 0. The topological polar surface area (TPSA) is 0 Å². The van der Waals surface area contributed by atoms with E-state index in [1.165, 1.54) is 44.5 Å². The molecule has 0 amide bonds. The maximum atomic E-state index is 3.67. The summed E-state index contributed by atoms with van der Waals surface area (Å²) in [7, 11) is 0. The van der Waals surface area contributed by atoms with E-state index in [1.54, 1.807) is 0 Å². The number of rotatable bonds is 3. The second-order valence-electron chi connectivity index (χ2n) is 6.60. The first kappa shape index (κ1) is 16.4. The van der Waals surface area contributed by atoms with Crippen LogP contribution in [-0.4, -0.2) is 0 Å². The average molecular weight is 333 g/mol. The largest absolute Gasteiger partial charge is 0.0622 e. The summed E-state index contributed by atoms with van der Waals surface area (Å²) in [5.74, 6) is 0. The normalized spacial score (nSPS) is 10.7.